The van der Waals surface area contributed by atoms with Crippen molar-refractivity contribution >= 4 is 23.2 Å². The van der Waals surface area contributed by atoms with Crippen LogP contribution < -0.4 is 10.1 Å². The van der Waals surface area contributed by atoms with Gasteiger partial charge in [0.15, 0.2) is 0 Å². The lowest BCUT2D eigenvalue weighted by Gasteiger charge is -2.09. The van der Waals surface area contributed by atoms with E-state index >= 15 is 0 Å². The molecule has 0 aliphatic heterocycles. The van der Waals surface area contributed by atoms with Crippen molar-refractivity contribution in [1.82, 2.24) is 4.98 Å². The molecule has 20 heavy (non-hydrogen) atoms. The highest BCUT2D eigenvalue weighted by Gasteiger charge is 2.06. The van der Waals surface area contributed by atoms with Crippen molar-refractivity contribution in [2.24, 2.45) is 0 Å². The van der Waals surface area contributed by atoms with Crippen LogP contribution in [0.1, 0.15) is 6.92 Å². The van der Waals surface area contributed by atoms with Gasteiger partial charge < -0.3 is 10.1 Å². The zero-order valence-electron chi connectivity index (χ0n) is 10.7. The first kappa shape index (κ1) is 13.9. The Morgan fingerprint density at radius 1 is 1.30 bits per heavy atom. The average molecular weight is 287 g/mol. The smallest absolute Gasteiger partial charge is 0.300 e. The molecular weight excluding hydrogens is 276 g/mol. The number of nitrogens with zero attached hydrogens (tertiary/aromatic N) is 1. The van der Waals surface area contributed by atoms with Crippen LogP contribution in [0.4, 0.5) is 5.69 Å². The van der Waals surface area contributed by atoms with Gasteiger partial charge in [0.25, 0.3) is 5.91 Å². The lowest BCUT2D eigenvalue weighted by atomic mass is 10.3. The number of carbonyl (C=O) groups is 1. The van der Waals surface area contributed by atoms with Crippen molar-refractivity contribution in [1.29, 1.82) is 0 Å². The van der Waals surface area contributed by atoms with Gasteiger partial charge in [0.1, 0.15) is 11.5 Å². The van der Waals surface area contributed by atoms with E-state index in [1.807, 2.05) is 0 Å². The minimum Gasteiger partial charge on any atom is -0.456 e. The number of rotatable bonds is 3. The molecule has 0 bridgehead atoms. The number of halogens is 1. The van der Waals surface area contributed by atoms with Crippen molar-refractivity contribution < 1.29 is 9.53 Å². The van der Waals surface area contributed by atoms with Crippen LogP contribution in [0.5, 0.6) is 11.5 Å². The summed E-state index contributed by atoms with van der Waals surface area (Å²) in [6, 6.07) is 8.43. The molecule has 1 aromatic carbocycles. The van der Waals surface area contributed by atoms with Gasteiger partial charge in [-0.15, -0.1) is 0 Å². The molecule has 100 valence electrons. The molecule has 0 atom stereocenters. The molecule has 5 heteroatoms. The molecular formula is C15H11ClN2O2. The molecule has 0 spiro atoms. The number of amides is 1. The Hall–Kier alpha value is -2.51. The molecule has 1 heterocycles. The fourth-order valence-corrected chi connectivity index (χ4v) is 1.69. The van der Waals surface area contributed by atoms with Crippen LogP contribution in [-0.4, -0.2) is 10.9 Å². The van der Waals surface area contributed by atoms with E-state index in [9.17, 15) is 4.79 Å². The van der Waals surface area contributed by atoms with E-state index in [4.69, 9.17) is 16.3 Å². The van der Waals surface area contributed by atoms with Crippen molar-refractivity contribution in [3.63, 3.8) is 0 Å². The average Bonchev–Trinajstić information content (AvgIpc) is 2.43. The van der Waals surface area contributed by atoms with Gasteiger partial charge in [0, 0.05) is 18.1 Å². The Bertz CT molecular complexity index is 675. The third kappa shape index (κ3) is 3.74. The standard InChI is InChI=1S/C15H11ClN2O2/c1-2-3-15(19)18-11-4-5-14(13(16)10-11)20-12-6-8-17-9-7-12/h4-10H,1H3,(H,18,19). The third-order valence-electron chi connectivity index (χ3n) is 2.31. The van der Waals surface area contributed by atoms with E-state index < -0.39 is 0 Å². The molecule has 0 saturated carbocycles. The van der Waals surface area contributed by atoms with Gasteiger partial charge in [-0.1, -0.05) is 17.5 Å². The van der Waals surface area contributed by atoms with Crippen molar-refractivity contribution in [3.8, 4) is 23.3 Å². The maximum absolute atomic E-state index is 11.3. The number of hydrogen-bond donors (Lipinski definition) is 1. The molecule has 4 nitrogen and oxygen atoms in total. The molecule has 0 unspecified atom stereocenters. The molecule has 2 rings (SSSR count). The second kappa shape index (κ2) is 6.60. The largest absolute Gasteiger partial charge is 0.456 e. The Morgan fingerprint density at radius 2 is 2.05 bits per heavy atom. The Kier molecular flexibility index (Phi) is 4.59. The van der Waals surface area contributed by atoms with Crippen molar-refractivity contribution in [2.75, 3.05) is 5.32 Å². The van der Waals surface area contributed by atoms with Crippen LogP contribution in [-0.2, 0) is 4.79 Å². The number of nitrogens with one attached hydrogen (secondary N) is 1. The monoisotopic (exact) mass is 286 g/mol. The SMILES string of the molecule is CC#CC(=O)Nc1ccc(Oc2ccncc2)c(Cl)c1. The fourth-order valence-electron chi connectivity index (χ4n) is 1.47. The molecule has 2 aromatic rings. The summed E-state index contributed by atoms with van der Waals surface area (Å²) in [7, 11) is 0. The Morgan fingerprint density at radius 3 is 2.70 bits per heavy atom. The molecule has 0 aliphatic carbocycles. The number of ether oxygens (including phenoxy) is 1. The van der Waals surface area contributed by atoms with Crippen LogP contribution in [0.3, 0.4) is 0 Å². The molecule has 1 aromatic heterocycles. The van der Waals surface area contributed by atoms with E-state index in [0.717, 1.165) is 0 Å². The lowest BCUT2D eigenvalue weighted by molar-refractivity contribution is -0.111. The van der Waals surface area contributed by atoms with Crippen LogP contribution in [0.2, 0.25) is 5.02 Å². The fraction of sp³-hybridized carbons (Fsp3) is 0.0667. The number of carbonyl (C=O) groups excluding carboxylic acids is 1. The summed E-state index contributed by atoms with van der Waals surface area (Å²) in [5.41, 5.74) is 0.560. The summed E-state index contributed by atoms with van der Waals surface area (Å²) in [5, 5.41) is 3.00. The van der Waals surface area contributed by atoms with Crippen LogP contribution in [0, 0.1) is 11.8 Å². The van der Waals surface area contributed by atoms with Gasteiger partial charge in [-0.3, -0.25) is 9.78 Å². The Labute approximate surface area is 121 Å². The number of aromatic nitrogens is 1. The lowest BCUT2D eigenvalue weighted by Crippen LogP contribution is -2.08. The van der Waals surface area contributed by atoms with Crippen LogP contribution in [0.15, 0.2) is 42.7 Å². The second-order valence-electron chi connectivity index (χ2n) is 3.76. The first-order valence-corrected chi connectivity index (χ1v) is 6.18. The summed E-state index contributed by atoms with van der Waals surface area (Å²) >= 11 is 6.11. The van der Waals surface area contributed by atoms with Crippen molar-refractivity contribution in [3.05, 3.63) is 47.7 Å². The highest BCUT2D eigenvalue weighted by atomic mass is 35.5. The topological polar surface area (TPSA) is 51.2 Å². The number of pyridine rings is 1. The predicted molar refractivity (Wildman–Crippen MR) is 77.8 cm³/mol. The van der Waals surface area contributed by atoms with Gasteiger partial charge in [0.2, 0.25) is 0 Å². The van der Waals surface area contributed by atoms with E-state index in [1.54, 1.807) is 49.6 Å². The first-order valence-electron chi connectivity index (χ1n) is 5.80. The zero-order chi connectivity index (χ0) is 14.4. The number of anilines is 1. The minimum absolute atomic E-state index is 0.383. The summed E-state index contributed by atoms with van der Waals surface area (Å²) in [4.78, 5) is 15.2. The molecule has 0 saturated heterocycles. The summed E-state index contributed by atoms with van der Waals surface area (Å²) in [6.45, 7) is 1.60. The van der Waals surface area contributed by atoms with Crippen molar-refractivity contribution in [2.45, 2.75) is 6.92 Å². The number of benzene rings is 1. The molecule has 1 amide bonds. The van der Waals surface area contributed by atoms with Crippen LogP contribution >= 0.6 is 11.6 Å². The first-order chi connectivity index (χ1) is 9.69. The van der Waals surface area contributed by atoms with Gasteiger partial charge in [0.05, 0.1) is 5.02 Å². The third-order valence-corrected chi connectivity index (χ3v) is 2.60. The summed E-state index contributed by atoms with van der Waals surface area (Å²) in [6.07, 6.45) is 3.25. The maximum Gasteiger partial charge on any atom is 0.300 e. The molecule has 1 N–H and O–H groups in total. The van der Waals surface area contributed by atoms with Gasteiger partial charge in [-0.2, -0.15) is 0 Å². The Balaban J connectivity index is 2.13. The highest BCUT2D eigenvalue weighted by molar-refractivity contribution is 6.32. The number of hydrogen-bond acceptors (Lipinski definition) is 3. The van der Waals surface area contributed by atoms with E-state index in [-0.39, 0.29) is 5.91 Å². The van der Waals surface area contributed by atoms with Gasteiger partial charge >= 0.3 is 0 Å². The predicted octanol–water partition coefficient (Wildman–Crippen LogP) is 3.49. The normalized spacial score (nSPS) is 9.30. The maximum atomic E-state index is 11.3. The second-order valence-corrected chi connectivity index (χ2v) is 4.17. The summed E-state index contributed by atoms with van der Waals surface area (Å²) in [5.74, 6) is 5.66. The molecule has 0 radical (unpaired) electrons. The van der Waals surface area contributed by atoms with E-state index in [1.165, 1.54) is 0 Å². The zero-order valence-corrected chi connectivity index (χ0v) is 11.4. The van der Waals surface area contributed by atoms with E-state index in [2.05, 4.69) is 22.1 Å². The van der Waals surface area contributed by atoms with Gasteiger partial charge in [-0.25, -0.2) is 0 Å². The van der Waals surface area contributed by atoms with Gasteiger partial charge in [-0.05, 0) is 43.2 Å². The summed E-state index contributed by atoms with van der Waals surface area (Å²) < 4.78 is 5.60. The molecule has 0 aliphatic rings. The highest BCUT2D eigenvalue weighted by Crippen LogP contribution is 2.31. The molecule has 0 fully saturated rings. The van der Waals surface area contributed by atoms with Crippen LogP contribution in [0.25, 0.3) is 0 Å². The van der Waals surface area contributed by atoms with E-state index in [0.29, 0.717) is 22.2 Å². The quantitative estimate of drug-likeness (QED) is 0.879. The minimum atomic E-state index is -0.383.